The summed E-state index contributed by atoms with van der Waals surface area (Å²) in [5.74, 6) is 2.63. The Kier molecular flexibility index (Phi) is 6.07. The third kappa shape index (κ3) is 5.06. The Morgan fingerprint density at radius 1 is 1.42 bits per heavy atom. The molecule has 1 aromatic carbocycles. The van der Waals surface area contributed by atoms with Crippen LogP contribution in [0.2, 0.25) is 0 Å². The third-order valence-corrected chi connectivity index (χ3v) is 4.06. The zero-order valence-corrected chi connectivity index (χ0v) is 12.3. The first kappa shape index (κ1) is 15.7. The first-order chi connectivity index (χ1) is 8.99. The van der Waals surface area contributed by atoms with Gasteiger partial charge in [0.15, 0.2) is 9.84 Å². The molecule has 104 valence electrons. The molecule has 1 aromatic rings. The molecule has 0 heterocycles. The molecule has 1 rings (SSSR count). The Labute approximate surface area is 116 Å². The van der Waals surface area contributed by atoms with Crippen LogP contribution in [0.4, 0.5) is 0 Å². The average molecular weight is 279 g/mol. The van der Waals surface area contributed by atoms with Crippen molar-refractivity contribution in [1.29, 1.82) is 0 Å². The Morgan fingerprint density at radius 3 is 2.74 bits per heavy atom. The lowest BCUT2D eigenvalue weighted by molar-refractivity contribution is 0.501. The number of terminal acetylenes is 1. The second-order valence-electron chi connectivity index (χ2n) is 4.55. The molecule has 19 heavy (non-hydrogen) atoms. The van der Waals surface area contributed by atoms with Gasteiger partial charge in [0, 0.05) is 18.7 Å². The second kappa shape index (κ2) is 7.32. The van der Waals surface area contributed by atoms with E-state index in [1.165, 1.54) is 6.26 Å². The van der Waals surface area contributed by atoms with Gasteiger partial charge in [0.05, 0.1) is 4.90 Å². The highest BCUT2D eigenvalue weighted by Crippen LogP contribution is 2.22. The summed E-state index contributed by atoms with van der Waals surface area (Å²) in [6.07, 6.45) is 9.07. The predicted molar refractivity (Wildman–Crippen MR) is 78.7 cm³/mol. The Bertz CT molecular complexity index is 544. The maximum absolute atomic E-state index is 11.6. The van der Waals surface area contributed by atoms with Crippen molar-refractivity contribution >= 4 is 9.84 Å². The lowest BCUT2D eigenvalue weighted by Gasteiger charge is -2.18. The van der Waals surface area contributed by atoms with Crippen LogP contribution >= 0.6 is 0 Å². The van der Waals surface area contributed by atoms with Gasteiger partial charge in [-0.3, -0.25) is 0 Å². The maximum Gasteiger partial charge on any atom is 0.175 e. The summed E-state index contributed by atoms with van der Waals surface area (Å²) in [7, 11) is -3.16. The molecule has 0 aliphatic rings. The largest absolute Gasteiger partial charge is 0.310 e. The average Bonchev–Trinajstić information content (AvgIpc) is 2.37. The monoisotopic (exact) mass is 279 g/mol. The lowest BCUT2D eigenvalue weighted by Crippen LogP contribution is -2.21. The molecule has 0 spiro atoms. The van der Waals surface area contributed by atoms with Gasteiger partial charge in [-0.05, 0) is 37.1 Å². The number of hydrogen-bond acceptors (Lipinski definition) is 3. The Hall–Kier alpha value is -1.31. The molecule has 0 fully saturated rings. The standard InChI is InChI=1S/C15H21NO2S/c1-4-6-7-11-15(16-5-2)13-9-8-10-14(12-13)19(3,17)18/h1,8-10,12,15-16H,5-7,11H2,2-3H3. The predicted octanol–water partition coefficient (Wildman–Crippen LogP) is 2.54. The number of rotatable bonds is 7. The Morgan fingerprint density at radius 2 is 2.16 bits per heavy atom. The van der Waals surface area contributed by atoms with E-state index in [-0.39, 0.29) is 6.04 Å². The first-order valence-corrected chi connectivity index (χ1v) is 8.35. The minimum atomic E-state index is -3.16. The molecule has 0 aromatic heterocycles. The molecule has 0 saturated heterocycles. The molecule has 0 saturated carbocycles. The molecule has 0 amide bonds. The van der Waals surface area contributed by atoms with Gasteiger partial charge >= 0.3 is 0 Å². The lowest BCUT2D eigenvalue weighted by atomic mass is 10.0. The van der Waals surface area contributed by atoms with Gasteiger partial charge in [-0.25, -0.2) is 8.42 Å². The molecular formula is C15H21NO2S. The van der Waals surface area contributed by atoms with Gasteiger partial charge in [-0.2, -0.15) is 0 Å². The summed E-state index contributed by atoms with van der Waals surface area (Å²) in [6.45, 7) is 2.87. The van der Waals surface area contributed by atoms with Gasteiger partial charge in [0.25, 0.3) is 0 Å². The van der Waals surface area contributed by atoms with Gasteiger partial charge in [-0.15, -0.1) is 12.3 Å². The van der Waals surface area contributed by atoms with E-state index in [2.05, 4.69) is 11.2 Å². The van der Waals surface area contributed by atoms with Crippen LogP contribution in [-0.2, 0) is 9.84 Å². The van der Waals surface area contributed by atoms with Crippen molar-refractivity contribution in [3.8, 4) is 12.3 Å². The topological polar surface area (TPSA) is 46.2 Å². The van der Waals surface area contributed by atoms with Crippen LogP contribution in [0.25, 0.3) is 0 Å². The normalized spacial score (nSPS) is 12.9. The fraction of sp³-hybridized carbons (Fsp3) is 0.467. The van der Waals surface area contributed by atoms with Crippen LogP contribution in [0, 0.1) is 12.3 Å². The van der Waals surface area contributed by atoms with E-state index in [0.717, 1.165) is 31.4 Å². The molecule has 4 heteroatoms. The van der Waals surface area contributed by atoms with Crippen LogP contribution in [0.3, 0.4) is 0 Å². The van der Waals surface area contributed by atoms with Gasteiger partial charge < -0.3 is 5.32 Å². The minimum absolute atomic E-state index is 0.153. The van der Waals surface area contributed by atoms with Gasteiger partial charge in [0.1, 0.15) is 0 Å². The van der Waals surface area contributed by atoms with E-state index in [0.29, 0.717) is 4.90 Å². The highest BCUT2D eigenvalue weighted by molar-refractivity contribution is 7.90. The van der Waals surface area contributed by atoms with Crippen molar-refractivity contribution in [3.63, 3.8) is 0 Å². The number of hydrogen-bond donors (Lipinski definition) is 1. The number of sulfone groups is 1. The number of benzene rings is 1. The summed E-state index contributed by atoms with van der Waals surface area (Å²) in [4.78, 5) is 0.366. The zero-order valence-electron chi connectivity index (χ0n) is 11.5. The van der Waals surface area contributed by atoms with Crippen molar-refractivity contribution in [1.82, 2.24) is 5.32 Å². The second-order valence-corrected chi connectivity index (χ2v) is 6.57. The minimum Gasteiger partial charge on any atom is -0.310 e. The molecule has 0 aliphatic heterocycles. The van der Waals surface area contributed by atoms with E-state index >= 15 is 0 Å². The fourth-order valence-corrected chi connectivity index (χ4v) is 2.68. The van der Waals surface area contributed by atoms with E-state index in [9.17, 15) is 8.42 Å². The Balaban J connectivity index is 2.93. The highest BCUT2D eigenvalue weighted by atomic mass is 32.2. The molecule has 3 nitrogen and oxygen atoms in total. The SMILES string of the molecule is C#CCCCC(NCC)c1cccc(S(C)(=O)=O)c1. The van der Waals surface area contributed by atoms with Crippen LogP contribution in [0.1, 0.15) is 37.8 Å². The summed E-state index contributed by atoms with van der Waals surface area (Å²) < 4.78 is 23.2. The molecule has 1 unspecified atom stereocenters. The van der Waals surface area contributed by atoms with Crippen molar-refractivity contribution < 1.29 is 8.42 Å². The van der Waals surface area contributed by atoms with Gasteiger partial charge in [-0.1, -0.05) is 19.1 Å². The van der Waals surface area contributed by atoms with Crippen LogP contribution in [0.5, 0.6) is 0 Å². The van der Waals surface area contributed by atoms with Crippen LogP contribution in [0.15, 0.2) is 29.2 Å². The molecule has 0 radical (unpaired) electrons. The fourth-order valence-electron chi connectivity index (χ4n) is 2.00. The van der Waals surface area contributed by atoms with Crippen LogP contribution < -0.4 is 5.32 Å². The van der Waals surface area contributed by atoms with Crippen molar-refractivity contribution in [2.75, 3.05) is 12.8 Å². The van der Waals surface area contributed by atoms with E-state index in [1.54, 1.807) is 18.2 Å². The highest BCUT2D eigenvalue weighted by Gasteiger charge is 2.13. The number of unbranched alkanes of at least 4 members (excludes halogenated alkanes) is 1. The maximum atomic E-state index is 11.6. The summed E-state index contributed by atoms with van der Waals surface area (Å²) in [5, 5.41) is 3.37. The number of nitrogens with one attached hydrogen (secondary N) is 1. The molecule has 1 atom stereocenters. The summed E-state index contributed by atoms with van der Waals surface area (Å²) >= 11 is 0. The smallest absolute Gasteiger partial charge is 0.175 e. The van der Waals surface area contributed by atoms with Crippen molar-refractivity contribution in [2.24, 2.45) is 0 Å². The molecule has 0 aliphatic carbocycles. The van der Waals surface area contributed by atoms with Gasteiger partial charge in [0.2, 0.25) is 0 Å². The van der Waals surface area contributed by atoms with E-state index in [1.807, 2.05) is 13.0 Å². The first-order valence-electron chi connectivity index (χ1n) is 6.46. The van der Waals surface area contributed by atoms with Crippen LogP contribution in [-0.4, -0.2) is 21.2 Å². The van der Waals surface area contributed by atoms with E-state index in [4.69, 9.17) is 6.42 Å². The van der Waals surface area contributed by atoms with Crippen molar-refractivity contribution in [3.05, 3.63) is 29.8 Å². The van der Waals surface area contributed by atoms with Crippen molar-refractivity contribution in [2.45, 2.75) is 37.1 Å². The molecular weight excluding hydrogens is 258 g/mol. The molecule has 1 N–H and O–H groups in total. The summed E-state index contributed by atoms with van der Waals surface area (Å²) in [5.41, 5.74) is 1.00. The summed E-state index contributed by atoms with van der Waals surface area (Å²) in [6, 6.07) is 7.27. The molecule has 0 bridgehead atoms. The quantitative estimate of drug-likeness (QED) is 0.616. The van der Waals surface area contributed by atoms with E-state index < -0.39 is 9.84 Å². The third-order valence-electron chi connectivity index (χ3n) is 2.95. The zero-order chi connectivity index (χ0) is 14.3.